The van der Waals surface area contributed by atoms with E-state index in [1.165, 1.54) is 5.56 Å². The number of hydrogen-bond donors (Lipinski definition) is 1. The normalized spacial score (nSPS) is 14.5. The number of fused-ring (bicyclic) bond motifs is 1. The van der Waals surface area contributed by atoms with Crippen molar-refractivity contribution in [3.05, 3.63) is 98.8 Å². The van der Waals surface area contributed by atoms with Crippen LogP contribution in [0.2, 0.25) is 0 Å². The molecule has 1 aromatic heterocycles. The van der Waals surface area contributed by atoms with Crippen molar-refractivity contribution in [1.82, 2.24) is 10.2 Å². The fourth-order valence-corrected chi connectivity index (χ4v) is 4.74. The van der Waals surface area contributed by atoms with E-state index in [2.05, 4.69) is 39.4 Å². The fraction of sp³-hybridized carbons (Fsp3) is 0.231. The molecule has 166 valence electrons. The highest BCUT2D eigenvalue weighted by Crippen LogP contribution is 2.36. The van der Waals surface area contributed by atoms with E-state index in [9.17, 15) is 14.9 Å². The molecule has 0 spiro atoms. The van der Waals surface area contributed by atoms with Crippen LogP contribution in [-0.4, -0.2) is 28.2 Å². The Balaban J connectivity index is 1.41. The van der Waals surface area contributed by atoms with Crippen LogP contribution >= 0.6 is 0 Å². The van der Waals surface area contributed by atoms with E-state index in [0.717, 1.165) is 32.4 Å². The number of nitro benzene ring substituents is 1. The van der Waals surface area contributed by atoms with E-state index in [1.54, 1.807) is 18.2 Å². The SMILES string of the molecule is O=c1[nH]nc(-c2ccc(N3CCC(Cc4ccccc4)CC3)c([N+](=O)[O-])c2)c2ccccc12. The molecule has 2 heterocycles. The van der Waals surface area contributed by atoms with Crippen molar-refractivity contribution in [3.63, 3.8) is 0 Å². The fourth-order valence-electron chi connectivity index (χ4n) is 4.74. The number of nitrogens with one attached hydrogen (secondary N) is 1. The lowest BCUT2D eigenvalue weighted by Crippen LogP contribution is -2.34. The molecule has 0 bridgehead atoms. The van der Waals surface area contributed by atoms with Crippen LogP contribution < -0.4 is 10.5 Å². The third-order valence-corrected chi connectivity index (χ3v) is 6.46. The molecular formula is C26H24N4O3. The van der Waals surface area contributed by atoms with Crippen molar-refractivity contribution in [3.8, 4) is 11.3 Å². The summed E-state index contributed by atoms with van der Waals surface area (Å²) in [5.41, 5.74) is 2.89. The van der Waals surface area contributed by atoms with E-state index in [1.807, 2.05) is 30.3 Å². The van der Waals surface area contributed by atoms with Gasteiger partial charge in [-0.05, 0) is 42.9 Å². The molecule has 1 aliphatic heterocycles. The maximum absolute atomic E-state index is 12.1. The second kappa shape index (κ2) is 8.86. The first kappa shape index (κ1) is 20.9. The average Bonchev–Trinajstić information content (AvgIpc) is 2.85. The van der Waals surface area contributed by atoms with Crippen LogP contribution in [0.1, 0.15) is 18.4 Å². The third kappa shape index (κ3) is 4.22. The van der Waals surface area contributed by atoms with Gasteiger partial charge in [-0.3, -0.25) is 14.9 Å². The van der Waals surface area contributed by atoms with Crippen molar-refractivity contribution >= 4 is 22.1 Å². The van der Waals surface area contributed by atoms with Crippen molar-refractivity contribution in [2.45, 2.75) is 19.3 Å². The Morgan fingerprint density at radius 1 is 0.970 bits per heavy atom. The van der Waals surface area contributed by atoms with Crippen LogP contribution in [0.25, 0.3) is 22.0 Å². The maximum Gasteiger partial charge on any atom is 0.293 e. The van der Waals surface area contributed by atoms with Crippen LogP contribution in [-0.2, 0) is 6.42 Å². The highest BCUT2D eigenvalue weighted by atomic mass is 16.6. The van der Waals surface area contributed by atoms with Crippen molar-refractivity contribution in [1.29, 1.82) is 0 Å². The Morgan fingerprint density at radius 3 is 2.39 bits per heavy atom. The number of aromatic nitrogens is 2. The molecule has 1 N–H and O–H groups in total. The zero-order valence-corrected chi connectivity index (χ0v) is 18.1. The number of piperidine rings is 1. The van der Waals surface area contributed by atoms with Gasteiger partial charge >= 0.3 is 0 Å². The molecule has 3 aromatic carbocycles. The lowest BCUT2D eigenvalue weighted by Gasteiger charge is -2.33. The van der Waals surface area contributed by atoms with Gasteiger partial charge in [0.25, 0.3) is 11.2 Å². The molecule has 0 aliphatic carbocycles. The molecule has 1 aliphatic rings. The highest BCUT2D eigenvalue weighted by Gasteiger charge is 2.26. The molecule has 7 heteroatoms. The van der Waals surface area contributed by atoms with Crippen LogP contribution in [0.15, 0.2) is 77.6 Å². The largest absolute Gasteiger partial charge is 0.366 e. The quantitative estimate of drug-likeness (QED) is 0.350. The molecule has 0 amide bonds. The molecular weight excluding hydrogens is 416 g/mol. The second-order valence-electron chi connectivity index (χ2n) is 8.53. The molecule has 1 saturated heterocycles. The smallest absolute Gasteiger partial charge is 0.293 e. The Labute approximate surface area is 190 Å². The lowest BCUT2D eigenvalue weighted by atomic mass is 9.90. The van der Waals surface area contributed by atoms with Crippen LogP contribution in [0.5, 0.6) is 0 Å². The summed E-state index contributed by atoms with van der Waals surface area (Å²) in [6.07, 6.45) is 3.04. The summed E-state index contributed by atoms with van der Waals surface area (Å²) in [4.78, 5) is 25.9. The number of rotatable bonds is 5. The van der Waals surface area contributed by atoms with E-state index in [4.69, 9.17) is 0 Å². The van der Waals surface area contributed by atoms with E-state index >= 15 is 0 Å². The Bertz CT molecular complexity index is 1360. The van der Waals surface area contributed by atoms with Gasteiger partial charge in [-0.25, -0.2) is 5.10 Å². The number of nitro groups is 1. The van der Waals surface area contributed by atoms with Gasteiger partial charge in [0.2, 0.25) is 0 Å². The minimum absolute atomic E-state index is 0.0612. The zero-order valence-electron chi connectivity index (χ0n) is 18.1. The predicted octanol–water partition coefficient (Wildman–Crippen LogP) is 4.96. The topological polar surface area (TPSA) is 92.1 Å². The number of aromatic amines is 1. The van der Waals surface area contributed by atoms with Crippen molar-refractivity contribution in [2.75, 3.05) is 18.0 Å². The van der Waals surface area contributed by atoms with Gasteiger partial charge in [-0.2, -0.15) is 5.10 Å². The van der Waals surface area contributed by atoms with Crippen LogP contribution in [0.4, 0.5) is 11.4 Å². The van der Waals surface area contributed by atoms with Gasteiger partial charge < -0.3 is 4.90 Å². The Morgan fingerprint density at radius 2 is 1.67 bits per heavy atom. The first-order valence-electron chi connectivity index (χ1n) is 11.2. The van der Waals surface area contributed by atoms with Gasteiger partial charge in [0, 0.05) is 30.1 Å². The summed E-state index contributed by atoms with van der Waals surface area (Å²) in [5.74, 6) is 0.582. The molecule has 1 fully saturated rings. The first-order valence-corrected chi connectivity index (χ1v) is 11.2. The highest BCUT2D eigenvalue weighted by molar-refractivity contribution is 5.94. The number of nitrogens with zero attached hydrogens (tertiary/aromatic N) is 3. The second-order valence-corrected chi connectivity index (χ2v) is 8.53. The molecule has 7 nitrogen and oxygen atoms in total. The molecule has 0 unspecified atom stereocenters. The lowest BCUT2D eigenvalue weighted by molar-refractivity contribution is -0.384. The summed E-state index contributed by atoms with van der Waals surface area (Å²) in [7, 11) is 0. The molecule has 5 rings (SSSR count). The maximum atomic E-state index is 12.1. The predicted molar refractivity (Wildman–Crippen MR) is 130 cm³/mol. The number of hydrogen-bond acceptors (Lipinski definition) is 5. The van der Waals surface area contributed by atoms with Crippen molar-refractivity contribution < 1.29 is 4.92 Å². The van der Waals surface area contributed by atoms with Gasteiger partial charge in [-0.1, -0.05) is 54.6 Å². The van der Waals surface area contributed by atoms with E-state index in [-0.39, 0.29) is 16.2 Å². The summed E-state index contributed by atoms with van der Waals surface area (Å²) < 4.78 is 0. The Hall–Kier alpha value is -4.00. The van der Waals surface area contributed by atoms with E-state index in [0.29, 0.717) is 33.6 Å². The summed E-state index contributed by atoms with van der Waals surface area (Å²) in [6, 6.07) is 22.9. The Kier molecular flexibility index (Phi) is 5.60. The van der Waals surface area contributed by atoms with Crippen molar-refractivity contribution in [2.24, 2.45) is 5.92 Å². The number of benzene rings is 3. The third-order valence-electron chi connectivity index (χ3n) is 6.46. The first-order chi connectivity index (χ1) is 16.1. The average molecular weight is 441 g/mol. The van der Waals surface area contributed by atoms with E-state index < -0.39 is 0 Å². The molecule has 0 atom stereocenters. The summed E-state index contributed by atoms with van der Waals surface area (Å²) in [6.45, 7) is 1.58. The minimum atomic E-state index is -0.331. The number of H-pyrrole nitrogens is 1. The van der Waals surface area contributed by atoms with Gasteiger partial charge in [-0.15, -0.1) is 0 Å². The monoisotopic (exact) mass is 440 g/mol. The summed E-state index contributed by atoms with van der Waals surface area (Å²) >= 11 is 0. The standard InChI is InChI=1S/C26H24N4O3/c31-26-22-9-5-4-8-21(22)25(27-28-26)20-10-11-23(24(17-20)30(32)33)29-14-12-19(13-15-29)16-18-6-2-1-3-7-18/h1-11,17,19H,12-16H2,(H,28,31). The number of anilines is 1. The molecule has 33 heavy (non-hydrogen) atoms. The van der Waals surface area contributed by atoms with Crippen LogP contribution in [0, 0.1) is 16.0 Å². The minimum Gasteiger partial charge on any atom is -0.366 e. The molecule has 0 saturated carbocycles. The molecule has 0 radical (unpaired) electrons. The molecule has 4 aromatic rings. The van der Waals surface area contributed by atoms with Crippen LogP contribution in [0.3, 0.4) is 0 Å². The zero-order chi connectivity index (χ0) is 22.8. The van der Waals surface area contributed by atoms with Gasteiger partial charge in [0.1, 0.15) is 5.69 Å². The van der Waals surface area contributed by atoms with Gasteiger partial charge in [0.15, 0.2) is 0 Å². The van der Waals surface area contributed by atoms with Gasteiger partial charge in [0.05, 0.1) is 16.0 Å². The summed E-state index contributed by atoms with van der Waals surface area (Å²) in [5, 5.41) is 19.9.